The third-order valence-electron chi connectivity index (χ3n) is 6.52. The number of benzene rings is 2. The number of carbonyl (C=O) groups is 1. The Hall–Kier alpha value is -3.32. The topological polar surface area (TPSA) is 62.6 Å². The van der Waals surface area contributed by atoms with Crippen LogP contribution in [0.1, 0.15) is 48.3 Å². The summed E-state index contributed by atoms with van der Waals surface area (Å²) >= 11 is 0. The molecule has 1 aromatic heterocycles. The first-order chi connectivity index (χ1) is 16.7. The number of likely N-dealkylation sites (N-methyl/N-ethyl adjacent to an activating group) is 1. The summed E-state index contributed by atoms with van der Waals surface area (Å²) in [6.45, 7) is 12.0. The average Bonchev–Trinajstić information content (AvgIpc) is 3.25. The molecule has 1 amide bonds. The van der Waals surface area contributed by atoms with E-state index < -0.39 is 0 Å². The van der Waals surface area contributed by atoms with Gasteiger partial charge in [-0.3, -0.25) is 9.48 Å². The maximum Gasteiger partial charge on any atom is 0.252 e. The monoisotopic (exact) mass is 475 g/mol. The minimum Gasteiger partial charge on any atom is -0.491 e. The van der Waals surface area contributed by atoms with Crippen molar-refractivity contribution in [2.75, 3.05) is 38.1 Å². The first-order valence-corrected chi connectivity index (χ1v) is 12.4. The molecule has 1 unspecified atom stereocenters. The molecule has 1 fully saturated rings. The number of ether oxygens (including phenoxy) is 1. The molecule has 2 aromatic carbocycles. The third kappa shape index (κ3) is 6.03. The Morgan fingerprint density at radius 3 is 2.40 bits per heavy atom. The molecular formula is C28H37N5O2. The maximum atomic E-state index is 13.4. The van der Waals surface area contributed by atoms with E-state index in [2.05, 4.69) is 39.4 Å². The van der Waals surface area contributed by atoms with Crippen LogP contribution in [0.5, 0.6) is 5.75 Å². The molecule has 1 N–H and O–H groups in total. The zero-order valence-corrected chi connectivity index (χ0v) is 21.7. The molecule has 35 heavy (non-hydrogen) atoms. The highest BCUT2D eigenvalue weighted by Crippen LogP contribution is 2.30. The largest absolute Gasteiger partial charge is 0.491 e. The zero-order valence-electron chi connectivity index (χ0n) is 21.7. The first-order valence-electron chi connectivity index (χ1n) is 12.4. The quantitative estimate of drug-likeness (QED) is 0.548. The maximum absolute atomic E-state index is 13.4. The lowest BCUT2D eigenvalue weighted by Crippen LogP contribution is -2.44. The number of rotatable bonds is 7. The fraction of sp³-hybridized carbons (Fsp3) is 0.429. The summed E-state index contributed by atoms with van der Waals surface area (Å²) in [5.74, 6) is 0.717. The van der Waals surface area contributed by atoms with Crippen molar-refractivity contribution in [1.82, 2.24) is 20.0 Å². The highest BCUT2D eigenvalue weighted by molar-refractivity contribution is 5.97. The van der Waals surface area contributed by atoms with Crippen molar-refractivity contribution >= 4 is 11.6 Å². The average molecular weight is 476 g/mol. The van der Waals surface area contributed by atoms with E-state index in [0.29, 0.717) is 0 Å². The molecule has 4 rings (SSSR count). The van der Waals surface area contributed by atoms with Crippen molar-refractivity contribution in [2.45, 2.75) is 39.8 Å². The summed E-state index contributed by atoms with van der Waals surface area (Å²) in [5.41, 5.74) is 5.81. The fourth-order valence-electron chi connectivity index (χ4n) is 4.42. The summed E-state index contributed by atoms with van der Waals surface area (Å²) in [6.07, 6.45) is 3.88. The second kappa shape index (κ2) is 10.5. The summed E-state index contributed by atoms with van der Waals surface area (Å²) in [5, 5.41) is 7.52. The Labute approximate surface area is 208 Å². The second-order valence-corrected chi connectivity index (χ2v) is 9.84. The molecule has 2 heterocycles. The second-order valence-electron chi connectivity index (χ2n) is 9.84. The molecule has 186 valence electrons. The van der Waals surface area contributed by atoms with Gasteiger partial charge in [-0.15, -0.1) is 0 Å². The lowest BCUT2D eigenvalue weighted by Gasteiger charge is -2.34. The summed E-state index contributed by atoms with van der Waals surface area (Å²) < 4.78 is 7.81. The van der Waals surface area contributed by atoms with Crippen molar-refractivity contribution in [3.8, 4) is 16.9 Å². The van der Waals surface area contributed by atoms with Crippen LogP contribution >= 0.6 is 0 Å². The van der Waals surface area contributed by atoms with E-state index in [-0.39, 0.29) is 18.1 Å². The predicted molar refractivity (Wildman–Crippen MR) is 141 cm³/mol. The Bertz CT molecular complexity index is 1180. The lowest BCUT2D eigenvalue weighted by atomic mass is 10.0. The van der Waals surface area contributed by atoms with Crippen LogP contribution < -0.4 is 15.0 Å². The number of carbonyl (C=O) groups excluding carboxylic acids is 1. The summed E-state index contributed by atoms with van der Waals surface area (Å²) in [6, 6.07) is 12.1. The van der Waals surface area contributed by atoms with Gasteiger partial charge in [0.25, 0.3) is 5.91 Å². The highest BCUT2D eigenvalue weighted by Gasteiger charge is 2.19. The van der Waals surface area contributed by atoms with Crippen LogP contribution in [0, 0.1) is 6.92 Å². The standard InChI is InChI=1S/C28H37N5O2/c1-19(2)35-26-14-22(13-23(15-26)24-17-29-32(6)18-24)21(4)30-28(34)27-16-25(8-7-20(27)3)33-11-9-31(5)10-12-33/h7-8,13-19,21H,9-12H2,1-6H3,(H,30,34). The molecule has 3 aromatic rings. The van der Waals surface area contributed by atoms with Gasteiger partial charge in [0.15, 0.2) is 0 Å². The van der Waals surface area contributed by atoms with Crippen molar-refractivity contribution in [1.29, 1.82) is 0 Å². The van der Waals surface area contributed by atoms with Crippen LogP contribution in [0.25, 0.3) is 11.1 Å². The highest BCUT2D eigenvalue weighted by atomic mass is 16.5. The number of aryl methyl sites for hydroxylation is 2. The summed E-state index contributed by atoms with van der Waals surface area (Å²) in [7, 11) is 4.05. The predicted octanol–water partition coefficient (Wildman–Crippen LogP) is 4.43. The number of hydrogen-bond donors (Lipinski definition) is 1. The third-order valence-corrected chi connectivity index (χ3v) is 6.52. The minimum atomic E-state index is -0.194. The van der Waals surface area contributed by atoms with Crippen LogP contribution in [-0.4, -0.2) is 59.9 Å². The van der Waals surface area contributed by atoms with Gasteiger partial charge in [-0.25, -0.2) is 0 Å². The van der Waals surface area contributed by atoms with Gasteiger partial charge in [0, 0.05) is 56.2 Å². The van der Waals surface area contributed by atoms with Crippen molar-refractivity contribution in [3.63, 3.8) is 0 Å². The van der Waals surface area contributed by atoms with Gasteiger partial charge in [0.2, 0.25) is 0 Å². The Morgan fingerprint density at radius 2 is 1.74 bits per heavy atom. The van der Waals surface area contributed by atoms with Gasteiger partial charge in [-0.1, -0.05) is 6.07 Å². The van der Waals surface area contributed by atoms with Crippen LogP contribution in [0.15, 0.2) is 48.8 Å². The normalized spacial score (nSPS) is 15.3. The lowest BCUT2D eigenvalue weighted by molar-refractivity contribution is 0.0939. The smallest absolute Gasteiger partial charge is 0.252 e. The Balaban J connectivity index is 1.56. The van der Waals surface area contributed by atoms with E-state index in [0.717, 1.165) is 65.4 Å². The molecule has 0 bridgehead atoms. The number of nitrogens with zero attached hydrogens (tertiary/aromatic N) is 4. The van der Waals surface area contributed by atoms with Gasteiger partial charge >= 0.3 is 0 Å². The van der Waals surface area contributed by atoms with E-state index in [1.807, 2.05) is 71.4 Å². The zero-order chi connectivity index (χ0) is 25.1. The number of nitrogens with one attached hydrogen (secondary N) is 1. The van der Waals surface area contributed by atoms with Crippen molar-refractivity contribution < 1.29 is 9.53 Å². The molecule has 0 radical (unpaired) electrons. The van der Waals surface area contributed by atoms with E-state index in [1.165, 1.54) is 0 Å². The van der Waals surface area contributed by atoms with Crippen LogP contribution in [-0.2, 0) is 7.05 Å². The summed E-state index contributed by atoms with van der Waals surface area (Å²) in [4.78, 5) is 18.1. The molecule has 1 atom stereocenters. The minimum absolute atomic E-state index is 0.0526. The molecule has 7 heteroatoms. The molecule has 0 spiro atoms. The van der Waals surface area contributed by atoms with E-state index in [1.54, 1.807) is 4.68 Å². The molecule has 1 saturated heterocycles. The number of aromatic nitrogens is 2. The van der Waals surface area contributed by atoms with Crippen molar-refractivity contribution in [2.24, 2.45) is 7.05 Å². The number of anilines is 1. The fourth-order valence-corrected chi connectivity index (χ4v) is 4.42. The Morgan fingerprint density at radius 1 is 1.00 bits per heavy atom. The van der Waals surface area contributed by atoms with E-state index in [4.69, 9.17) is 4.74 Å². The number of amides is 1. The van der Waals surface area contributed by atoms with E-state index in [9.17, 15) is 4.79 Å². The molecule has 1 aliphatic heterocycles. The number of piperazine rings is 1. The van der Waals surface area contributed by atoms with Crippen LogP contribution in [0.2, 0.25) is 0 Å². The SMILES string of the molecule is Cc1ccc(N2CCN(C)CC2)cc1C(=O)NC(C)c1cc(OC(C)C)cc(-c2cnn(C)c2)c1. The molecule has 1 aliphatic rings. The van der Waals surface area contributed by atoms with E-state index >= 15 is 0 Å². The van der Waals surface area contributed by atoms with Gasteiger partial charge in [-0.05, 0) is 81.8 Å². The van der Waals surface area contributed by atoms with Gasteiger partial charge in [0.05, 0.1) is 18.3 Å². The molecular weight excluding hydrogens is 438 g/mol. The molecule has 0 saturated carbocycles. The number of hydrogen-bond acceptors (Lipinski definition) is 5. The first kappa shape index (κ1) is 24.8. The van der Waals surface area contributed by atoms with Gasteiger partial charge in [-0.2, -0.15) is 5.10 Å². The van der Waals surface area contributed by atoms with Gasteiger partial charge < -0.3 is 19.9 Å². The van der Waals surface area contributed by atoms with Crippen LogP contribution in [0.3, 0.4) is 0 Å². The van der Waals surface area contributed by atoms with Crippen LogP contribution in [0.4, 0.5) is 5.69 Å². The van der Waals surface area contributed by atoms with Crippen molar-refractivity contribution in [3.05, 3.63) is 65.5 Å². The molecule has 7 nitrogen and oxygen atoms in total. The Kier molecular flexibility index (Phi) is 7.45. The van der Waals surface area contributed by atoms with Gasteiger partial charge in [0.1, 0.15) is 5.75 Å². The molecule has 0 aliphatic carbocycles.